The number of nitrogen functional groups attached to an aromatic ring is 1. The van der Waals surface area contributed by atoms with Crippen LogP contribution >= 0.6 is 0 Å². The second-order valence-electron chi connectivity index (χ2n) is 4.59. The van der Waals surface area contributed by atoms with Gasteiger partial charge in [0.2, 0.25) is 0 Å². The Kier molecular flexibility index (Phi) is 3.43. The summed E-state index contributed by atoms with van der Waals surface area (Å²) in [5, 5.41) is 2.83. The van der Waals surface area contributed by atoms with Crippen LogP contribution in [-0.2, 0) is 9.53 Å². The highest BCUT2D eigenvalue weighted by molar-refractivity contribution is 5.97. The van der Waals surface area contributed by atoms with E-state index in [9.17, 15) is 4.79 Å². The third-order valence-corrected chi connectivity index (χ3v) is 3.19. The topological polar surface area (TPSA) is 73.6 Å². The van der Waals surface area contributed by atoms with Gasteiger partial charge in [-0.15, -0.1) is 0 Å². The molecule has 1 aromatic carbocycles. The van der Waals surface area contributed by atoms with Crippen LogP contribution in [0.2, 0.25) is 0 Å². The first-order valence-corrected chi connectivity index (χ1v) is 5.94. The molecule has 3 N–H and O–H groups in total. The Bertz CT molecular complexity index is 454. The van der Waals surface area contributed by atoms with Gasteiger partial charge in [0.05, 0.1) is 12.8 Å². The van der Waals surface area contributed by atoms with E-state index in [0.29, 0.717) is 23.7 Å². The molecule has 1 unspecified atom stereocenters. The number of anilines is 2. The first kappa shape index (κ1) is 12.7. The third-order valence-electron chi connectivity index (χ3n) is 3.19. The lowest BCUT2D eigenvalue weighted by Crippen LogP contribution is -2.39. The summed E-state index contributed by atoms with van der Waals surface area (Å²) in [7, 11) is 1.54. The standard InChI is InChI=1S/C13H18N2O3/c1-13(6-3-7-18-13)12(16)15-9-4-5-10(14)11(8-9)17-2/h4-5,8H,3,6-7,14H2,1-2H3,(H,15,16). The molecule has 1 atom stereocenters. The zero-order chi connectivity index (χ0) is 13.2. The fourth-order valence-electron chi connectivity index (χ4n) is 2.01. The molecular formula is C13H18N2O3. The molecule has 1 fully saturated rings. The molecule has 98 valence electrons. The normalized spacial score (nSPS) is 22.8. The maximum absolute atomic E-state index is 12.1. The summed E-state index contributed by atoms with van der Waals surface area (Å²) in [5.74, 6) is 0.414. The summed E-state index contributed by atoms with van der Waals surface area (Å²) < 4.78 is 10.6. The van der Waals surface area contributed by atoms with E-state index >= 15 is 0 Å². The summed E-state index contributed by atoms with van der Waals surface area (Å²) >= 11 is 0. The lowest BCUT2D eigenvalue weighted by atomic mass is 10.0. The quantitative estimate of drug-likeness (QED) is 0.802. The van der Waals surface area contributed by atoms with E-state index in [1.807, 2.05) is 6.92 Å². The minimum absolute atomic E-state index is 0.133. The fraction of sp³-hybridized carbons (Fsp3) is 0.462. The van der Waals surface area contributed by atoms with Gasteiger partial charge in [-0.25, -0.2) is 0 Å². The minimum Gasteiger partial charge on any atom is -0.495 e. The molecule has 1 amide bonds. The lowest BCUT2D eigenvalue weighted by molar-refractivity contribution is -0.133. The van der Waals surface area contributed by atoms with Crippen LogP contribution in [0.5, 0.6) is 5.75 Å². The highest BCUT2D eigenvalue weighted by Gasteiger charge is 2.37. The van der Waals surface area contributed by atoms with Crippen molar-refractivity contribution in [1.29, 1.82) is 0 Å². The molecule has 0 spiro atoms. The molecule has 18 heavy (non-hydrogen) atoms. The number of carbonyl (C=O) groups excluding carboxylic acids is 1. The Morgan fingerprint density at radius 3 is 2.94 bits per heavy atom. The molecule has 1 heterocycles. The summed E-state index contributed by atoms with van der Waals surface area (Å²) in [6.07, 6.45) is 1.65. The van der Waals surface area contributed by atoms with E-state index < -0.39 is 5.60 Å². The maximum atomic E-state index is 12.1. The average Bonchev–Trinajstić information content (AvgIpc) is 2.80. The average molecular weight is 250 g/mol. The minimum atomic E-state index is -0.728. The van der Waals surface area contributed by atoms with Gasteiger partial charge in [0, 0.05) is 18.4 Å². The fourth-order valence-corrected chi connectivity index (χ4v) is 2.01. The van der Waals surface area contributed by atoms with Crippen LogP contribution < -0.4 is 15.8 Å². The van der Waals surface area contributed by atoms with Crippen LogP contribution in [0.3, 0.4) is 0 Å². The summed E-state index contributed by atoms with van der Waals surface area (Å²) in [6.45, 7) is 2.44. The number of carbonyl (C=O) groups is 1. The number of amides is 1. The molecule has 2 rings (SSSR count). The van der Waals surface area contributed by atoms with Crippen LogP contribution in [0.4, 0.5) is 11.4 Å². The number of hydrogen-bond acceptors (Lipinski definition) is 4. The van der Waals surface area contributed by atoms with E-state index in [2.05, 4.69) is 5.32 Å². The maximum Gasteiger partial charge on any atom is 0.256 e. The van der Waals surface area contributed by atoms with Crippen molar-refractivity contribution in [1.82, 2.24) is 0 Å². The molecule has 0 aliphatic carbocycles. The van der Waals surface area contributed by atoms with Gasteiger partial charge in [-0.05, 0) is 31.9 Å². The van der Waals surface area contributed by atoms with Crippen molar-refractivity contribution < 1.29 is 14.3 Å². The van der Waals surface area contributed by atoms with Crippen molar-refractivity contribution in [3.8, 4) is 5.75 Å². The molecule has 0 radical (unpaired) electrons. The molecule has 0 aromatic heterocycles. The molecule has 1 aliphatic heterocycles. The Morgan fingerprint density at radius 2 is 2.33 bits per heavy atom. The summed E-state index contributed by atoms with van der Waals surface area (Å²) in [5.41, 5.74) is 6.18. The SMILES string of the molecule is COc1cc(NC(=O)C2(C)CCCO2)ccc1N. The Morgan fingerprint density at radius 1 is 1.56 bits per heavy atom. The van der Waals surface area contributed by atoms with Crippen molar-refractivity contribution in [3.63, 3.8) is 0 Å². The number of nitrogens with one attached hydrogen (secondary N) is 1. The number of rotatable bonds is 3. The van der Waals surface area contributed by atoms with Gasteiger partial charge >= 0.3 is 0 Å². The Balaban J connectivity index is 2.11. The van der Waals surface area contributed by atoms with E-state index in [-0.39, 0.29) is 5.91 Å². The zero-order valence-corrected chi connectivity index (χ0v) is 10.7. The molecule has 1 aromatic rings. The number of methoxy groups -OCH3 is 1. The van der Waals surface area contributed by atoms with Crippen LogP contribution in [-0.4, -0.2) is 25.2 Å². The van der Waals surface area contributed by atoms with Gasteiger partial charge in [0.15, 0.2) is 0 Å². The van der Waals surface area contributed by atoms with Gasteiger partial charge < -0.3 is 20.5 Å². The molecular weight excluding hydrogens is 232 g/mol. The number of nitrogens with two attached hydrogens (primary N) is 1. The van der Waals surface area contributed by atoms with Crippen molar-refractivity contribution in [2.24, 2.45) is 0 Å². The largest absolute Gasteiger partial charge is 0.495 e. The van der Waals surface area contributed by atoms with Gasteiger partial charge in [-0.3, -0.25) is 4.79 Å². The molecule has 5 nitrogen and oxygen atoms in total. The van der Waals surface area contributed by atoms with E-state index in [0.717, 1.165) is 12.8 Å². The summed E-state index contributed by atoms with van der Waals surface area (Å²) in [4.78, 5) is 12.1. The van der Waals surface area contributed by atoms with E-state index in [1.165, 1.54) is 0 Å². The van der Waals surface area contributed by atoms with Crippen molar-refractivity contribution in [2.45, 2.75) is 25.4 Å². The third kappa shape index (κ3) is 2.41. The lowest BCUT2D eigenvalue weighted by Gasteiger charge is -2.22. The predicted molar refractivity (Wildman–Crippen MR) is 69.6 cm³/mol. The molecule has 0 saturated carbocycles. The van der Waals surface area contributed by atoms with Gasteiger partial charge in [0.25, 0.3) is 5.91 Å². The van der Waals surface area contributed by atoms with Crippen LogP contribution in [0.15, 0.2) is 18.2 Å². The van der Waals surface area contributed by atoms with Crippen molar-refractivity contribution >= 4 is 17.3 Å². The van der Waals surface area contributed by atoms with Gasteiger partial charge in [0.1, 0.15) is 11.4 Å². The summed E-state index contributed by atoms with van der Waals surface area (Å²) in [6, 6.07) is 5.14. The molecule has 5 heteroatoms. The second kappa shape index (κ2) is 4.86. The molecule has 0 bridgehead atoms. The van der Waals surface area contributed by atoms with Gasteiger partial charge in [-0.1, -0.05) is 0 Å². The van der Waals surface area contributed by atoms with Crippen LogP contribution in [0, 0.1) is 0 Å². The predicted octanol–water partition coefficient (Wildman–Crippen LogP) is 1.78. The number of hydrogen-bond donors (Lipinski definition) is 2. The molecule has 1 saturated heterocycles. The molecule has 1 aliphatic rings. The van der Waals surface area contributed by atoms with Crippen LogP contribution in [0.1, 0.15) is 19.8 Å². The van der Waals surface area contributed by atoms with Crippen molar-refractivity contribution in [3.05, 3.63) is 18.2 Å². The van der Waals surface area contributed by atoms with Crippen molar-refractivity contribution in [2.75, 3.05) is 24.8 Å². The highest BCUT2D eigenvalue weighted by Crippen LogP contribution is 2.29. The van der Waals surface area contributed by atoms with Crippen LogP contribution in [0.25, 0.3) is 0 Å². The second-order valence-corrected chi connectivity index (χ2v) is 4.59. The Hall–Kier alpha value is -1.75. The van der Waals surface area contributed by atoms with E-state index in [1.54, 1.807) is 25.3 Å². The zero-order valence-electron chi connectivity index (χ0n) is 10.7. The highest BCUT2D eigenvalue weighted by atomic mass is 16.5. The Labute approximate surface area is 106 Å². The monoisotopic (exact) mass is 250 g/mol. The smallest absolute Gasteiger partial charge is 0.256 e. The van der Waals surface area contributed by atoms with Gasteiger partial charge in [-0.2, -0.15) is 0 Å². The number of benzene rings is 1. The first-order valence-electron chi connectivity index (χ1n) is 5.94. The van der Waals surface area contributed by atoms with E-state index in [4.69, 9.17) is 15.2 Å². The first-order chi connectivity index (χ1) is 8.55. The number of ether oxygens (including phenoxy) is 2.